The van der Waals surface area contributed by atoms with Gasteiger partial charge in [0.1, 0.15) is 17.4 Å². The first-order valence-electron chi connectivity index (χ1n) is 7.03. The first kappa shape index (κ1) is 14.0. The molecule has 0 atom stereocenters. The lowest BCUT2D eigenvalue weighted by Gasteiger charge is -2.12. The Hall–Kier alpha value is -1.94. The predicted molar refractivity (Wildman–Crippen MR) is 78.2 cm³/mol. The van der Waals surface area contributed by atoms with Crippen molar-refractivity contribution in [2.24, 2.45) is 0 Å². The standard InChI is InChI=1S/C17H17F2NO/c1-21-14-5-7-16(17(19)9-14)15-6-2-12(18)8-11(15)10-20-13-3-4-13/h2,5-9,13,20H,3-4,10H2,1H3. The molecule has 0 radical (unpaired) electrons. The number of hydrogen-bond donors (Lipinski definition) is 1. The van der Waals surface area contributed by atoms with Gasteiger partial charge in [0.15, 0.2) is 0 Å². The van der Waals surface area contributed by atoms with Gasteiger partial charge in [0.2, 0.25) is 0 Å². The van der Waals surface area contributed by atoms with E-state index in [0.717, 1.165) is 18.4 Å². The molecule has 2 aromatic carbocycles. The van der Waals surface area contributed by atoms with Crippen LogP contribution in [-0.2, 0) is 6.54 Å². The smallest absolute Gasteiger partial charge is 0.134 e. The van der Waals surface area contributed by atoms with Crippen molar-refractivity contribution in [2.45, 2.75) is 25.4 Å². The summed E-state index contributed by atoms with van der Waals surface area (Å²) in [5.41, 5.74) is 1.94. The van der Waals surface area contributed by atoms with Crippen molar-refractivity contribution in [3.63, 3.8) is 0 Å². The Morgan fingerprint density at radius 2 is 1.86 bits per heavy atom. The third-order valence-corrected chi connectivity index (χ3v) is 3.69. The van der Waals surface area contributed by atoms with E-state index in [9.17, 15) is 8.78 Å². The fourth-order valence-corrected chi connectivity index (χ4v) is 2.35. The summed E-state index contributed by atoms with van der Waals surface area (Å²) < 4.78 is 32.7. The van der Waals surface area contributed by atoms with E-state index in [4.69, 9.17) is 4.74 Å². The third-order valence-electron chi connectivity index (χ3n) is 3.69. The highest BCUT2D eigenvalue weighted by Gasteiger charge is 2.21. The second kappa shape index (κ2) is 5.82. The molecule has 1 fully saturated rings. The maximum Gasteiger partial charge on any atom is 0.134 e. The van der Waals surface area contributed by atoms with E-state index in [-0.39, 0.29) is 11.6 Å². The second-order valence-electron chi connectivity index (χ2n) is 5.30. The van der Waals surface area contributed by atoms with Crippen LogP contribution in [0.25, 0.3) is 11.1 Å². The minimum absolute atomic E-state index is 0.305. The van der Waals surface area contributed by atoms with Crippen LogP contribution >= 0.6 is 0 Å². The van der Waals surface area contributed by atoms with E-state index in [1.54, 1.807) is 18.2 Å². The lowest BCUT2D eigenvalue weighted by Crippen LogP contribution is -2.16. The minimum Gasteiger partial charge on any atom is -0.497 e. The number of benzene rings is 2. The van der Waals surface area contributed by atoms with Gasteiger partial charge in [0, 0.05) is 24.2 Å². The Labute approximate surface area is 122 Å². The summed E-state index contributed by atoms with van der Waals surface area (Å²) in [4.78, 5) is 0. The maximum atomic E-state index is 14.2. The number of nitrogens with one attached hydrogen (secondary N) is 1. The largest absolute Gasteiger partial charge is 0.497 e. The molecule has 0 bridgehead atoms. The zero-order valence-electron chi connectivity index (χ0n) is 11.8. The maximum absolute atomic E-state index is 14.2. The van der Waals surface area contributed by atoms with Gasteiger partial charge in [-0.15, -0.1) is 0 Å². The van der Waals surface area contributed by atoms with Gasteiger partial charge in [0.25, 0.3) is 0 Å². The van der Waals surface area contributed by atoms with Gasteiger partial charge in [-0.05, 0) is 48.2 Å². The lowest BCUT2D eigenvalue weighted by molar-refractivity contribution is 0.411. The van der Waals surface area contributed by atoms with Gasteiger partial charge in [-0.1, -0.05) is 6.07 Å². The number of ether oxygens (including phenoxy) is 1. The summed E-state index contributed by atoms with van der Waals surface area (Å²) in [5.74, 6) is -0.204. The van der Waals surface area contributed by atoms with Crippen molar-refractivity contribution in [3.8, 4) is 16.9 Å². The van der Waals surface area contributed by atoms with Gasteiger partial charge >= 0.3 is 0 Å². The molecule has 21 heavy (non-hydrogen) atoms. The van der Waals surface area contributed by atoms with Crippen LogP contribution in [0.1, 0.15) is 18.4 Å². The van der Waals surface area contributed by atoms with E-state index in [1.165, 1.54) is 25.3 Å². The van der Waals surface area contributed by atoms with Crippen LogP contribution in [-0.4, -0.2) is 13.2 Å². The Kier molecular flexibility index (Phi) is 3.88. The molecule has 3 rings (SSSR count). The average Bonchev–Trinajstić information content (AvgIpc) is 3.30. The molecule has 110 valence electrons. The normalized spacial score (nSPS) is 14.2. The van der Waals surface area contributed by atoms with Gasteiger partial charge in [0.05, 0.1) is 7.11 Å². The van der Waals surface area contributed by atoms with Crippen LogP contribution < -0.4 is 10.1 Å². The summed E-state index contributed by atoms with van der Waals surface area (Å²) in [6.45, 7) is 0.545. The van der Waals surface area contributed by atoms with Crippen molar-refractivity contribution in [2.75, 3.05) is 7.11 Å². The van der Waals surface area contributed by atoms with Crippen molar-refractivity contribution in [1.82, 2.24) is 5.32 Å². The molecule has 0 aromatic heterocycles. The molecule has 2 aromatic rings. The Morgan fingerprint density at radius 1 is 1.10 bits per heavy atom. The molecule has 1 aliphatic rings. The molecule has 0 unspecified atom stereocenters. The fourth-order valence-electron chi connectivity index (χ4n) is 2.35. The van der Waals surface area contributed by atoms with Gasteiger partial charge in [-0.2, -0.15) is 0 Å². The Morgan fingerprint density at radius 3 is 2.52 bits per heavy atom. The first-order valence-corrected chi connectivity index (χ1v) is 7.03. The summed E-state index contributed by atoms with van der Waals surface area (Å²) in [7, 11) is 1.50. The van der Waals surface area contributed by atoms with E-state index < -0.39 is 0 Å². The summed E-state index contributed by atoms with van der Waals surface area (Å²) in [6, 6.07) is 9.69. The second-order valence-corrected chi connectivity index (χ2v) is 5.30. The average molecular weight is 289 g/mol. The van der Waals surface area contributed by atoms with Gasteiger partial charge in [-0.3, -0.25) is 0 Å². The van der Waals surface area contributed by atoms with Gasteiger partial charge in [-0.25, -0.2) is 8.78 Å². The van der Waals surface area contributed by atoms with Crippen LogP contribution in [0.3, 0.4) is 0 Å². The van der Waals surface area contributed by atoms with Crippen molar-refractivity contribution in [3.05, 3.63) is 53.6 Å². The lowest BCUT2D eigenvalue weighted by atomic mass is 9.98. The number of rotatable bonds is 5. The molecule has 1 N–H and O–H groups in total. The Balaban J connectivity index is 1.95. The first-order chi connectivity index (χ1) is 10.2. The monoisotopic (exact) mass is 289 g/mol. The highest BCUT2D eigenvalue weighted by atomic mass is 19.1. The number of hydrogen-bond acceptors (Lipinski definition) is 2. The van der Waals surface area contributed by atoms with Crippen LogP contribution in [0.15, 0.2) is 36.4 Å². The zero-order chi connectivity index (χ0) is 14.8. The molecule has 4 heteroatoms. The highest BCUT2D eigenvalue weighted by molar-refractivity contribution is 5.68. The highest BCUT2D eigenvalue weighted by Crippen LogP contribution is 2.30. The number of halogens is 2. The number of methoxy groups -OCH3 is 1. The minimum atomic E-state index is -0.367. The van der Waals surface area contributed by atoms with E-state index >= 15 is 0 Å². The van der Waals surface area contributed by atoms with E-state index in [1.807, 2.05) is 0 Å². The van der Waals surface area contributed by atoms with Crippen LogP contribution in [0.2, 0.25) is 0 Å². The summed E-state index contributed by atoms with van der Waals surface area (Å²) >= 11 is 0. The van der Waals surface area contributed by atoms with E-state index in [0.29, 0.717) is 29.5 Å². The SMILES string of the molecule is COc1ccc(-c2ccc(F)cc2CNC2CC2)c(F)c1. The van der Waals surface area contributed by atoms with Crippen molar-refractivity contribution < 1.29 is 13.5 Å². The molecular weight excluding hydrogens is 272 g/mol. The molecule has 0 amide bonds. The van der Waals surface area contributed by atoms with E-state index in [2.05, 4.69) is 5.32 Å². The molecule has 0 aliphatic heterocycles. The van der Waals surface area contributed by atoms with Crippen LogP contribution in [0.4, 0.5) is 8.78 Å². The topological polar surface area (TPSA) is 21.3 Å². The summed E-state index contributed by atoms with van der Waals surface area (Å²) in [5, 5.41) is 3.34. The molecule has 0 saturated heterocycles. The quantitative estimate of drug-likeness (QED) is 0.901. The molecular formula is C17H17F2NO. The molecule has 1 aliphatic carbocycles. The zero-order valence-corrected chi connectivity index (χ0v) is 11.8. The Bertz CT molecular complexity index is 653. The third kappa shape index (κ3) is 3.22. The predicted octanol–water partition coefficient (Wildman–Crippen LogP) is 3.89. The van der Waals surface area contributed by atoms with Crippen LogP contribution in [0.5, 0.6) is 5.75 Å². The molecule has 0 heterocycles. The van der Waals surface area contributed by atoms with Crippen LogP contribution in [0, 0.1) is 11.6 Å². The molecule has 1 saturated carbocycles. The molecule has 2 nitrogen and oxygen atoms in total. The van der Waals surface area contributed by atoms with Gasteiger partial charge < -0.3 is 10.1 Å². The van der Waals surface area contributed by atoms with Crippen molar-refractivity contribution >= 4 is 0 Å². The fraction of sp³-hybridized carbons (Fsp3) is 0.294. The summed E-state index contributed by atoms with van der Waals surface area (Å²) in [6.07, 6.45) is 2.31. The molecule has 0 spiro atoms. The van der Waals surface area contributed by atoms with Crippen molar-refractivity contribution in [1.29, 1.82) is 0 Å².